The van der Waals surface area contributed by atoms with Crippen LogP contribution in [0.2, 0.25) is 0 Å². The lowest BCUT2D eigenvalue weighted by molar-refractivity contribution is 0.0944. The number of rotatable bonds is 3. The zero-order valence-electron chi connectivity index (χ0n) is 15.8. The van der Waals surface area contributed by atoms with Gasteiger partial charge in [-0.25, -0.2) is 15.0 Å². The van der Waals surface area contributed by atoms with Crippen LogP contribution in [0.3, 0.4) is 0 Å². The maximum atomic E-state index is 11.9. The van der Waals surface area contributed by atoms with Crippen LogP contribution in [0.15, 0.2) is 35.2 Å². The van der Waals surface area contributed by atoms with Crippen molar-refractivity contribution in [2.45, 2.75) is 19.4 Å². The van der Waals surface area contributed by atoms with Crippen LogP contribution in [0.5, 0.6) is 0 Å². The first kappa shape index (κ1) is 17.1. The minimum Gasteiger partial charge on any atom is -0.443 e. The molecule has 8 nitrogen and oxygen atoms in total. The van der Waals surface area contributed by atoms with E-state index in [0.29, 0.717) is 18.2 Å². The fraction of sp³-hybridized carbons (Fsp3) is 0.400. The summed E-state index contributed by atoms with van der Waals surface area (Å²) in [4.78, 5) is 29.9. The third kappa shape index (κ3) is 2.99. The fourth-order valence-corrected chi connectivity index (χ4v) is 3.98. The normalized spacial score (nSPS) is 18.8. The molecule has 1 N–H and O–H groups in total. The first-order chi connectivity index (χ1) is 13.7. The highest BCUT2D eigenvalue weighted by molar-refractivity contribution is 5.96. The van der Waals surface area contributed by atoms with Gasteiger partial charge in [-0.15, -0.1) is 0 Å². The van der Waals surface area contributed by atoms with Crippen LogP contribution in [-0.4, -0.2) is 58.5 Å². The minimum absolute atomic E-state index is 0.0736. The highest BCUT2D eigenvalue weighted by atomic mass is 16.3. The number of aromatic nitrogens is 3. The molecule has 1 atom stereocenters. The van der Waals surface area contributed by atoms with Crippen LogP contribution >= 0.6 is 0 Å². The van der Waals surface area contributed by atoms with Gasteiger partial charge in [0.15, 0.2) is 12.0 Å². The molecule has 0 radical (unpaired) electrons. The summed E-state index contributed by atoms with van der Waals surface area (Å²) in [5.41, 5.74) is 4.41. The largest absolute Gasteiger partial charge is 0.443 e. The molecule has 144 valence electrons. The van der Waals surface area contributed by atoms with E-state index < -0.39 is 0 Å². The molecule has 1 aromatic carbocycles. The molecule has 2 aliphatic rings. The van der Waals surface area contributed by atoms with Gasteiger partial charge in [-0.3, -0.25) is 9.69 Å². The molecule has 1 fully saturated rings. The Morgan fingerprint density at radius 2 is 2.04 bits per heavy atom. The lowest BCUT2D eigenvalue weighted by Gasteiger charge is -2.38. The first-order valence-corrected chi connectivity index (χ1v) is 9.65. The Hall–Kier alpha value is -3.00. The molecule has 2 aliphatic heterocycles. The van der Waals surface area contributed by atoms with Crippen molar-refractivity contribution >= 4 is 23.0 Å². The van der Waals surface area contributed by atoms with Crippen molar-refractivity contribution in [2.24, 2.45) is 0 Å². The molecule has 0 spiro atoms. The van der Waals surface area contributed by atoms with E-state index in [1.54, 1.807) is 6.20 Å². The van der Waals surface area contributed by atoms with Gasteiger partial charge >= 0.3 is 0 Å². The molecule has 5 rings (SSSR count). The second-order valence-corrected chi connectivity index (χ2v) is 7.31. The Morgan fingerprint density at radius 3 is 2.89 bits per heavy atom. The number of hydrogen-bond acceptors (Lipinski definition) is 7. The van der Waals surface area contributed by atoms with E-state index in [-0.39, 0.29) is 5.91 Å². The van der Waals surface area contributed by atoms with E-state index in [1.807, 2.05) is 6.07 Å². The Labute approximate surface area is 162 Å². The maximum Gasteiger partial charge on any atom is 0.254 e. The topological polar surface area (TPSA) is 87.4 Å². The van der Waals surface area contributed by atoms with Gasteiger partial charge in [0.25, 0.3) is 5.91 Å². The summed E-state index contributed by atoms with van der Waals surface area (Å²) in [5, 5.41) is 2.83. The summed E-state index contributed by atoms with van der Waals surface area (Å²) >= 11 is 0. The summed E-state index contributed by atoms with van der Waals surface area (Å²) in [6.45, 7) is 6.45. The Balaban J connectivity index is 1.27. The molecule has 1 amide bonds. The molecular formula is C20H22N6O2. The highest BCUT2D eigenvalue weighted by Gasteiger charge is 2.25. The van der Waals surface area contributed by atoms with Gasteiger partial charge in [-0.05, 0) is 24.6 Å². The lowest BCUT2D eigenvalue weighted by atomic mass is 10.1. The van der Waals surface area contributed by atoms with Crippen molar-refractivity contribution in [3.05, 3.63) is 47.6 Å². The second-order valence-electron chi connectivity index (χ2n) is 7.31. The van der Waals surface area contributed by atoms with Crippen LogP contribution in [0.4, 0.5) is 5.95 Å². The third-order valence-corrected chi connectivity index (χ3v) is 5.73. The lowest BCUT2D eigenvalue weighted by Crippen LogP contribution is -2.48. The maximum absolute atomic E-state index is 11.9. The monoisotopic (exact) mass is 378 g/mol. The SMILES string of the molecule is CC(c1ccc2ocnc2c1)N1CCN(c2ncc3c(n2)CCNC3=O)CC1. The summed E-state index contributed by atoms with van der Waals surface area (Å²) in [7, 11) is 0. The molecule has 4 heterocycles. The van der Waals surface area contributed by atoms with Gasteiger partial charge in [0, 0.05) is 51.4 Å². The number of anilines is 1. The minimum atomic E-state index is -0.0736. The van der Waals surface area contributed by atoms with Gasteiger partial charge in [-0.1, -0.05) is 6.07 Å². The smallest absolute Gasteiger partial charge is 0.254 e. The number of amides is 1. The Kier molecular flexibility index (Phi) is 4.20. The van der Waals surface area contributed by atoms with Crippen LogP contribution in [0, 0.1) is 0 Å². The van der Waals surface area contributed by atoms with Crippen LogP contribution in [0.25, 0.3) is 11.1 Å². The number of hydrogen-bond donors (Lipinski definition) is 1. The molecule has 0 saturated carbocycles. The summed E-state index contributed by atoms with van der Waals surface area (Å²) in [5.74, 6) is 0.653. The number of carbonyl (C=O) groups excluding carboxylic acids is 1. The number of nitrogens with one attached hydrogen (secondary N) is 1. The van der Waals surface area contributed by atoms with E-state index in [1.165, 1.54) is 12.0 Å². The summed E-state index contributed by atoms with van der Waals surface area (Å²) < 4.78 is 5.34. The number of benzene rings is 1. The van der Waals surface area contributed by atoms with E-state index in [0.717, 1.165) is 55.3 Å². The van der Waals surface area contributed by atoms with E-state index >= 15 is 0 Å². The summed E-state index contributed by atoms with van der Waals surface area (Å²) in [6.07, 6.45) is 3.91. The first-order valence-electron chi connectivity index (χ1n) is 9.65. The number of oxazole rings is 1. The molecule has 28 heavy (non-hydrogen) atoms. The van der Waals surface area contributed by atoms with Crippen LogP contribution in [-0.2, 0) is 6.42 Å². The van der Waals surface area contributed by atoms with E-state index in [4.69, 9.17) is 4.42 Å². The second kappa shape index (κ2) is 6.87. The molecule has 1 unspecified atom stereocenters. The number of nitrogens with zero attached hydrogens (tertiary/aromatic N) is 5. The van der Waals surface area contributed by atoms with Gasteiger partial charge in [-0.2, -0.15) is 0 Å². The number of fused-ring (bicyclic) bond motifs is 2. The zero-order chi connectivity index (χ0) is 19.1. The van der Waals surface area contributed by atoms with Crippen molar-refractivity contribution < 1.29 is 9.21 Å². The van der Waals surface area contributed by atoms with Gasteiger partial charge in [0.1, 0.15) is 5.52 Å². The molecule has 2 aromatic heterocycles. The zero-order valence-corrected chi connectivity index (χ0v) is 15.8. The van der Waals surface area contributed by atoms with Crippen LogP contribution < -0.4 is 10.2 Å². The summed E-state index contributed by atoms with van der Waals surface area (Å²) in [6, 6.07) is 6.51. The molecule has 8 heteroatoms. The van der Waals surface area contributed by atoms with Crippen molar-refractivity contribution in [2.75, 3.05) is 37.6 Å². The molecule has 1 saturated heterocycles. The van der Waals surface area contributed by atoms with Crippen molar-refractivity contribution in [3.63, 3.8) is 0 Å². The van der Waals surface area contributed by atoms with Gasteiger partial charge in [0.05, 0.1) is 11.3 Å². The van der Waals surface area contributed by atoms with E-state index in [9.17, 15) is 4.79 Å². The average molecular weight is 378 g/mol. The van der Waals surface area contributed by atoms with Gasteiger partial charge < -0.3 is 14.6 Å². The number of carbonyl (C=O) groups is 1. The van der Waals surface area contributed by atoms with Gasteiger partial charge in [0.2, 0.25) is 5.95 Å². The average Bonchev–Trinajstić information content (AvgIpc) is 3.21. The Morgan fingerprint density at radius 1 is 1.18 bits per heavy atom. The van der Waals surface area contributed by atoms with Crippen LogP contribution in [0.1, 0.15) is 34.6 Å². The molecule has 0 aliphatic carbocycles. The Bertz CT molecular complexity index is 1020. The van der Waals surface area contributed by atoms with Crippen molar-refractivity contribution in [3.8, 4) is 0 Å². The highest BCUT2D eigenvalue weighted by Crippen LogP contribution is 2.26. The quantitative estimate of drug-likeness (QED) is 0.743. The standard InChI is InChI=1S/C20H22N6O2/c1-13(14-2-3-18-17(10-14)23-12-28-18)25-6-8-26(9-7-25)20-22-11-15-16(24-20)4-5-21-19(15)27/h2-3,10-13H,4-9H2,1H3,(H,21,27). The fourth-order valence-electron chi connectivity index (χ4n) is 3.98. The van der Waals surface area contributed by atoms with E-state index in [2.05, 4.69) is 49.1 Å². The van der Waals surface area contributed by atoms with Crippen molar-refractivity contribution in [1.82, 2.24) is 25.2 Å². The molecule has 0 bridgehead atoms. The number of piperazine rings is 1. The predicted octanol–water partition coefficient (Wildman–Crippen LogP) is 1.79. The molecular weight excluding hydrogens is 356 g/mol. The predicted molar refractivity (Wildman–Crippen MR) is 104 cm³/mol. The third-order valence-electron chi connectivity index (χ3n) is 5.73. The van der Waals surface area contributed by atoms with Crippen molar-refractivity contribution in [1.29, 1.82) is 0 Å². The molecule has 3 aromatic rings.